The molecule has 2 aromatic heterocycles. The van der Waals surface area contributed by atoms with Gasteiger partial charge in [-0.1, -0.05) is 36.8 Å². The van der Waals surface area contributed by atoms with Gasteiger partial charge in [0.15, 0.2) is 0 Å². The van der Waals surface area contributed by atoms with Crippen LogP contribution in [0.25, 0.3) is 33.1 Å². The molecule has 7 nitrogen and oxygen atoms in total. The molecule has 7 heteroatoms. The molecule has 2 heterocycles. The Morgan fingerprint density at radius 3 is 2.41 bits per heavy atom. The summed E-state index contributed by atoms with van der Waals surface area (Å²) in [6.07, 6.45) is 1.77. The minimum absolute atomic E-state index is 0.0146. The number of hydrogen-bond donors (Lipinski definition) is 1. The minimum atomic E-state index is -1.07. The largest absolute Gasteiger partial charge is 0.550 e. The van der Waals surface area contributed by atoms with Crippen molar-refractivity contribution in [2.75, 3.05) is 6.54 Å². The molecule has 34 heavy (non-hydrogen) atoms. The second-order valence-corrected chi connectivity index (χ2v) is 8.45. The Morgan fingerprint density at radius 1 is 0.941 bits per heavy atom. The number of aliphatic carboxylic acids is 1. The van der Waals surface area contributed by atoms with Gasteiger partial charge in [-0.3, -0.25) is 4.79 Å². The molecule has 0 aliphatic heterocycles. The molecule has 4 rings (SSSR count). The van der Waals surface area contributed by atoms with Gasteiger partial charge in [-0.25, -0.2) is 4.79 Å². The van der Waals surface area contributed by atoms with Gasteiger partial charge in [0, 0.05) is 34.9 Å². The molecule has 2 aromatic carbocycles. The van der Waals surface area contributed by atoms with E-state index in [4.69, 9.17) is 8.83 Å². The standard InChI is InChI=1S/C27H27NO6/c1-16-19-13-21-23(33-17(2)26(21)18-9-5-3-6-10-18)15-22(19)34-27(32)20(16)14-24(29)28-12-8-4-7-11-25(30)31/h3,5-6,9-10,13,15H,4,7-8,11-12,14H2,1-2H3,(H,28,29)(H,30,31)/p-1. The number of hydrogen-bond acceptors (Lipinski definition) is 6. The lowest BCUT2D eigenvalue weighted by Crippen LogP contribution is -2.28. The number of carbonyl (C=O) groups is 2. The lowest BCUT2D eigenvalue weighted by atomic mass is 9.98. The molecule has 0 atom stereocenters. The van der Waals surface area contributed by atoms with Gasteiger partial charge in [0.1, 0.15) is 16.9 Å². The topological polar surface area (TPSA) is 113 Å². The molecule has 4 aromatic rings. The summed E-state index contributed by atoms with van der Waals surface area (Å²) in [5, 5.41) is 14.9. The molecule has 0 radical (unpaired) electrons. The van der Waals surface area contributed by atoms with E-state index < -0.39 is 11.6 Å². The Morgan fingerprint density at radius 2 is 1.68 bits per heavy atom. The van der Waals surface area contributed by atoms with E-state index in [1.54, 1.807) is 6.07 Å². The molecule has 0 spiro atoms. The molecular formula is C27H26NO6-. The van der Waals surface area contributed by atoms with Crippen molar-refractivity contribution in [3.05, 3.63) is 69.8 Å². The van der Waals surface area contributed by atoms with Crippen molar-refractivity contribution in [3.8, 4) is 11.1 Å². The van der Waals surface area contributed by atoms with Crippen molar-refractivity contribution < 1.29 is 23.5 Å². The Bertz CT molecular complexity index is 1410. The first-order valence-corrected chi connectivity index (χ1v) is 11.4. The monoisotopic (exact) mass is 460 g/mol. The fourth-order valence-corrected chi connectivity index (χ4v) is 4.29. The van der Waals surface area contributed by atoms with Crippen LogP contribution in [-0.2, 0) is 16.0 Å². The second-order valence-electron chi connectivity index (χ2n) is 8.45. The number of furan rings is 1. The third-order valence-corrected chi connectivity index (χ3v) is 6.05. The molecule has 0 saturated carbocycles. The zero-order valence-corrected chi connectivity index (χ0v) is 19.2. The number of carbonyl (C=O) groups excluding carboxylic acids is 2. The van der Waals surface area contributed by atoms with Crippen LogP contribution in [0.5, 0.6) is 0 Å². The second kappa shape index (κ2) is 9.95. The lowest BCUT2D eigenvalue weighted by molar-refractivity contribution is -0.305. The fraction of sp³-hybridized carbons (Fsp3) is 0.296. The van der Waals surface area contributed by atoms with Crippen molar-refractivity contribution in [1.29, 1.82) is 0 Å². The highest BCUT2D eigenvalue weighted by molar-refractivity contribution is 6.03. The van der Waals surface area contributed by atoms with Gasteiger partial charge < -0.3 is 24.1 Å². The van der Waals surface area contributed by atoms with Crippen molar-refractivity contribution in [2.24, 2.45) is 0 Å². The zero-order valence-electron chi connectivity index (χ0n) is 19.2. The summed E-state index contributed by atoms with van der Waals surface area (Å²) < 4.78 is 11.5. The van der Waals surface area contributed by atoms with Crippen molar-refractivity contribution in [2.45, 2.75) is 46.0 Å². The van der Waals surface area contributed by atoms with Crippen molar-refractivity contribution in [1.82, 2.24) is 5.32 Å². The normalized spacial score (nSPS) is 11.2. The molecule has 0 fully saturated rings. The first kappa shape index (κ1) is 23.3. The molecule has 1 amide bonds. The molecule has 0 bridgehead atoms. The van der Waals surface area contributed by atoms with Crippen molar-refractivity contribution >= 4 is 33.8 Å². The smallest absolute Gasteiger partial charge is 0.340 e. The molecule has 176 valence electrons. The third kappa shape index (κ3) is 4.88. The van der Waals surface area contributed by atoms with Crippen LogP contribution in [0.15, 0.2) is 56.1 Å². The van der Waals surface area contributed by atoms with Crippen LogP contribution in [0.2, 0.25) is 0 Å². The van der Waals surface area contributed by atoms with Gasteiger partial charge in [-0.2, -0.15) is 0 Å². The van der Waals surface area contributed by atoms with Crippen LogP contribution in [-0.4, -0.2) is 18.4 Å². The van der Waals surface area contributed by atoms with Gasteiger partial charge in [-0.05, 0) is 50.3 Å². The molecule has 0 saturated heterocycles. The minimum Gasteiger partial charge on any atom is -0.550 e. The van der Waals surface area contributed by atoms with Crippen LogP contribution in [0.1, 0.15) is 42.6 Å². The molecular weight excluding hydrogens is 434 g/mol. The first-order valence-electron chi connectivity index (χ1n) is 11.4. The van der Waals surface area contributed by atoms with E-state index in [-0.39, 0.29) is 18.7 Å². The Hall–Kier alpha value is -3.87. The van der Waals surface area contributed by atoms with Crippen LogP contribution < -0.4 is 16.0 Å². The quantitative estimate of drug-likeness (QED) is 0.300. The number of unbranched alkanes of at least 4 members (excludes halogenated alkanes) is 2. The van der Waals surface area contributed by atoms with E-state index >= 15 is 0 Å². The van der Waals surface area contributed by atoms with E-state index in [1.165, 1.54) is 0 Å². The average Bonchev–Trinajstić information content (AvgIpc) is 3.12. The number of rotatable bonds is 9. The summed E-state index contributed by atoms with van der Waals surface area (Å²) in [5.74, 6) is -0.572. The zero-order chi connectivity index (χ0) is 24.2. The maximum Gasteiger partial charge on any atom is 0.340 e. The SMILES string of the molecule is Cc1oc2cc3oc(=O)c(CC(=O)NCCCCCC(=O)[O-])c(C)c3cc2c1-c1ccccc1. The maximum absolute atomic E-state index is 12.7. The number of carboxylic acid groups (broad SMARTS) is 1. The summed E-state index contributed by atoms with van der Waals surface area (Å²) >= 11 is 0. The summed E-state index contributed by atoms with van der Waals surface area (Å²) in [6, 6.07) is 13.6. The van der Waals surface area contributed by atoms with Gasteiger partial charge in [0.2, 0.25) is 5.91 Å². The highest BCUT2D eigenvalue weighted by atomic mass is 16.4. The van der Waals surface area contributed by atoms with Crippen LogP contribution in [0.4, 0.5) is 0 Å². The van der Waals surface area contributed by atoms with Crippen LogP contribution in [0.3, 0.4) is 0 Å². The van der Waals surface area contributed by atoms with Gasteiger partial charge in [0.25, 0.3) is 0 Å². The molecule has 0 unspecified atom stereocenters. The van der Waals surface area contributed by atoms with E-state index in [9.17, 15) is 19.5 Å². The fourth-order valence-electron chi connectivity index (χ4n) is 4.29. The van der Waals surface area contributed by atoms with E-state index in [0.717, 1.165) is 27.7 Å². The van der Waals surface area contributed by atoms with Crippen LogP contribution >= 0.6 is 0 Å². The molecule has 0 aliphatic rings. The summed E-state index contributed by atoms with van der Waals surface area (Å²) in [5.41, 5.74) is 3.56. The molecule has 1 N–H and O–H groups in total. The summed E-state index contributed by atoms with van der Waals surface area (Å²) in [6.45, 7) is 4.15. The lowest BCUT2D eigenvalue weighted by Gasteiger charge is -2.09. The highest BCUT2D eigenvalue weighted by Crippen LogP contribution is 2.37. The van der Waals surface area contributed by atoms with Gasteiger partial charge in [-0.15, -0.1) is 0 Å². The number of amides is 1. The number of nitrogens with one attached hydrogen (secondary N) is 1. The van der Waals surface area contributed by atoms with E-state index in [1.807, 2.05) is 50.2 Å². The van der Waals surface area contributed by atoms with Crippen LogP contribution in [0, 0.1) is 13.8 Å². The average molecular weight is 461 g/mol. The van der Waals surface area contributed by atoms with E-state index in [2.05, 4.69) is 5.32 Å². The predicted octanol–water partition coefficient (Wildman–Crippen LogP) is 3.79. The number of fused-ring (bicyclic) bond motifs is 2. The third-order valence-electron chi connectivity index (χ3n) is 6.05. The Balaban J connectivity index is 1.59. The Kier molecular flexibility index (Phi) is 6.82. The van der Waals surface area contributed by atoms with E-state index in [0.29, 0.717) is 48.1 Å². The Labute approximate surface area is 196 Å². The number of aryl methyl sites for hydroxylation is 2. The number of carboxylic acids is 1. The number of benzene rings is 2. The van der Waals surface area contributed by atoms with Gasteiger partial charge in [0.05, 0.1) is 12.0 Å². The summed E-state index contributed by atoms with van der Waals surface area (Å²) in [4.78, 5) is 35.5. The first-order chi connectivity index (χ1) is 16.3. The highest BCUT2D eigenvalue weighted by Gasteiger charge is 2.19. The van der Waals surface area contributed by atoms with Crippen molar-refractivity contribution in [3.63, 3.8) is 0 Å². The maximum atomic E-state index is 12.7. The molecule has 0 aliphatic carbocycles. The summed E-state index contributed by atoms with van der Waals surface area (Å²) in [7, 11) is 0. The predicted molar refractivity (Wildman–Crippen MR) is 127 cm³/mol. The van der Waals surface area contributed by atoms with Gasteiger partial charge >= 0.3 is 5.63 Å².